The van der Waals surface area contributed by atoms with Gasteiger partial charge in [0.05, 0.1) is 6.26 Å². The fourth-order valence-electron chi connectivity index (χ4n) is 2.08. The summed E-state index contributed by atoms with van der Waals surface area (Å²) in [6, 6.07) is 9.57. The highest BCUT2D eigenvalue weighted by molar-refractivity contribution is 5.92. The molecule has 5 heteroatoms. The molecule has 0 bridgehead atoms. The van der Waals surface area contributed by atoms with E-state index in [4.69, 9.17) is 15.0 Å². The number of para-hydroxylation sites is 1. The molecule has 3 N–H and O–H groups in total. The highest BCUT2D eigenvalue weighted by Crippen LogP contribution is 2.31. The maximum atomic E-state index is 11.5. The Labute approximate surface area is 124 Å². The summed E-state index contributed by atoms with van der Waals surface area (Å²) in [6.45, 7) is 6.62. The first-order valence-corrected chi connectivity index (χ1v) is 6.73. The van der Waals surface area contributed by atoms with Crippen LogP contribution in [0.1, 0.15) is 42.5 Å². The molecule has 0 spiro atoms. The average Bonchev–Trinajstić information content (AvgIpc) is 2.92. The number of amides is 1. The van der Waals surface area contributed by atoms with E-state index in [1.165, 1.54) is 6.26 Å². The van der Waals surface area contributed by atoms with Gasteiger partial charge in [-0.2, -0.15) is 0 Å². The van der Waals surface area contributed by atoms with Crippen LogP contribution in [0.4, 0.5) is 0 Å². The third kappa shape index (κ3) is 3.44. The molecule has 1 aromatic heterocycles. The van der Waals surface area contributed by atoms with Gasteiger partial charge in [-0.25, -0.2) is 5.84 Å². The van der Waals surface area contributed by atoms with E-state index in [9.17, 15) is 4.79 Å². The molecule has 2 aromatic rings. The Kier molecular flexibility index (Phi) is 4.33. The van der Waals surface area contributed by atoms with Crippen molar-refractivity contribution in [2.45, 2.75) is 32.8 Å². The van der Waals surface area contributed by atoms with Gasteiger partial charge in [0, 0.05) is 5.56 Å². The number of hydrazine groups is 1. The monoisotopic (exact) mass is 288 g/mol. The van der Waals surface area contributed by atoms with Crippen LogP contribution >= 0.6 is 0 Å². The van der Waals surface area contributed by atoms with Gasteiger partial charge in [-0.3, -0.25) is 10.2 Å². The zero-order valence-electron chi connectivity index (χ0n) is 12.5. The van der Waals surface area contributed by atoms with Gasteiger partial charge in [0.2, 0.25) is 0 Å². The van der Waals surface area contributed by atoms with Crippen molar-refractivity contribution in [2.24, 2.45) is 5.84 Å². The second kappa shape index (κ2) is 6.01. The van der Waals surface area contributed by atoms with Crippen molar-refractivity contribution in [2.75, 3.05) is 0 Å². The normalized spacial score (nSPS) is 11.2. The Morgan fingerprint density at radius 1 is 1.29 bits per heavy atom. The van der Waals surface area contributed by atoms with Crippen molar-refractivity contribution >= 4 is 5.91 Å². The number of hydrogen-bond acceptors (Lipinski definition) is 4. The minimum Gasteiger partial charge on any atom is -0.488 e. The summed E-state index contributed by atoms with van der Waals surface area (Å²) in [5.41, 5.74) is 3.79. The molecular formula is C16H20N2O3. The number of rotatable bonds is 4. The van der Waals surface area contributed by atoms with Crippen molar-refractivity contribution in [3.05, 3.63) is 53.5 Å². The molecule has 112 valence electrons. The molecule has 0 aliphatic heterocycles. The van der Waals surface area contributed by atoms with Crippen LogP contribution in [0.25, 0.3) is 0 Å². The lowest BCUT2D eigenvalue weighted by atomic mass is 9.86. The van der Waals surface area contributed by atoms with E-state index >= 15 is 0 Å². The molecular weight excluding hydrogens is 268 g/mol. The van der Waals surface area contributed by atoms with Crippen LogP contribution in [0.2, 0.25) is 0 Å². The lowest BCUT2D eigenvalue weighted by Crippen LogP contribution is -2.30. The number of ether oxygens (including phenoxy) is 1. The minimum atomic E-state index is -0.470. The predicted octanol–water partition coefficient (Wildman–Crippen LogP) is 2.76. The fourth-order valence-corrected chi connectivity index (χ4v) is 2.08. The SMILES string of the molecule is CC(C)(C)c1ccccc1OCc1ccoc1C(=O)NN. The summed E-state index contributed by atoms with van der Waals surface area (Å²) in [4.78, 5) is 11.5. The average molecular weight is 288 g/mol. The topological polar surface area (TPSA) is 77.5 Å². The van der Waals surface area contributed by atoms with Crippen LogP contribution in [0.15, 0.2) is 41.0 Å². The van der Waals surface area contributed by atoms with Crippen molar-refractivity contribution < 1.29 is 13.9 Å². The van der Waals surface area contributed by atoms with Crippen molar-refractivity contribution in [3.8, 4) is 5.75 Å². The highest BCUT2D eigenvalue weighted by atomic mass is 16.5. The maximum Gasteiger partial charge on any atom is 0.301 e. The molecule has 0 fully saturated rings. The molecule has 0 aliphatic carbocycles. The van der Waals surface area contributed by atoms with Gasteiger partial charge in [-0.05, 0) is 23.1 Å². The zero-order valence-corrected chi connectivity index (χ0v) is 12.5. The summed E-state index contributed by atoms with van der Waals surface area (Å²) in [5, 5.41) is 0. The standard InChI is InChI=1S/C16H20N2O3/c1-16(2,3)12-6-4-5-7-13(12)21-10-11-8-9-20-14(11)15(19)18-17/h4-9H,10,17H2,1-3H3,(H,18,19). The van der Waals surface area contributed by atoms with E-state index < -0.39 is 5.91 Å². The van der Waals surface area contributed by atoms with E-state index in [0.717, 1.165) is 11.3 Å². The molecule has 0 aliphatic rings. The van der Waals surface area contributed by atoms with Gasteiger partial charge in [0.15, 0.2) is 5.76 Å². The Morgan fingerprint density at radius 2 is 2.00 bits per heavy atom. The molecule has 1 amide bonds. The molecule has 0 saturated carbocycles. The van der Waals surface area contributed by atoms with Gasteiger partial charge < -0.3 is 9.15 Å². The largest absolute Gasteiger partial charge is 0.488 e. The number of nitrogen functional groups attached to an aromatic ring is 1. The van der Waals surface area contributed by atoms with E-state index in [0.29, 0.717) is 5.56 Å². The molecule has 21 heavy (non-hydrogen) atoms. The van der Waals surface area contributed by atoms with Crippen LogP contribution in [0.5, 0.6) is 5.75 Å². The third-order valence-corrected chi connectivity index (χ3v) is 3.16. The van der Waals surface area contributed by atoms with Crippen molar-refractivity contribution in [3.63, 3.8) is 0 Å². The van der Waals surface area contributed by atoms with Crippen LogP contribution in [0.3, 0.4) is 0 Å². The quantitative estimate of drug-likeness (QED) is 0.515. The zero-order chi connectivity index (χ0) is 15.5. The Hall–Kier alpha value is -2.27. The number of nitrogens with one attached hydrogen (secondary N) is 1. The first-order chi connectivity index (χ1) is 9.93. The van der Waals surface area contributed by atoms with Crippen LogP contribution in [-0.2, 0) is 12.0 Å². The Morgan fingerprint density at radius 3 is 2.67 bits per heavy atom. The Bertz CT molecular complexity index is 626. The molecule has 0 radical (unpaired) electrons. The predicted molar refractivity (Wildman–Crippen MR) is 79.8 cm³/mol. The lowest BCUT2D eigenvalue weighted by Gasteiger charge is -2.22. The van der Waals surface area contributed by atoms with Crippen molar-refractivity contribution in [1.82, 2.24) is 5.43 Å². The summed E-state index contributed by atoms with van der Waals surface area (Å²) >= 11 is 0. The van der Waals surface area contributed by atoms with Crippen LogP contribution in [0, 0.1) is 0 Å². The number of carbonyl (C=O) groups is 1. The summed E-state index contributed by atoms with van der Waals surface area (Å²) in [7, 11) is 0. The smallest absolute Gasteiger partial charge is 0.301 e. The fraction of sp³-hybridized carbons (Fsp3) is 0.312. The number of carbonyl (C=O) groups excluding carboxylic acids is 1. The molecule has 0 saturated heterocycles. The number of benzene rings is 1. The van der Waals surface area contributed by atoms with Gasteiger partial charge in [-0.15, -0.1) is 0 Å². The molecule has 1 heterocycles. The minimum absolute atomic E-state index is 0.0234. The van der Waals surface area contributed by atoms with Crippen LogP contribution in [-0.4, -0.2) is 5.91 Å². The summed E-state index contributed by atoms with van der Waals surface area (Å²) in [6.07, 6.45) is 1.44. The van der Waals surface area contributed by atoms with Gasteiger partial charge >= 0.3 is 5.91 Å². The summed E-state index contributed by atoms with van der Waals surface area (Å²) < 4.78 is 11.0. The lowest BCUT2D eigenvalue weighted by molar-refractivity contribution is 0.0922. The number of hydrogen-bond donors (Lipinski definition) is 2. The van der Waals surface area contributed by atoms with E-state index in [1.54, 1.807) is 6.07 Å². The van der Waals surface area contributed by atoms with Gasteiger partial charge in [0.25, 0.3) is 0 Å². The Balaban J connectivity index is 2.18. The maximum absolute atomic E-state index is 11.5. The molecule has 1 aromatic carbocycles. The molecule has 0 atom stereocenters. The van der Waals surface area contributed by atoms with E-state index in [2.05, 4.69) is 26.2 Å². The van der Waals surface area contributed by atoms with Gasteiger partial charge in [-0.1, -0.05) is 39.0 Å². The second-order valence-electron chi connectivity index (χ2n) is 5.78. The number of nitrogens with two attached hydrogens (primary N) is 1. The molecule has 2 rings (SSSR count). The highest BCUT2D eigenvalue weighted by Gasteiger charge is 2.19. The first-order valence-electron chi connectivity index (χ1n) is 6.73. The first kappa shape index (κ1) is 15.1. The number of furan rings is 1. The molecule has 0 unspecified atom stereocenters. The van der Waals surface area contributed by atoms with Crippen LogP contribution < -0.4 is 16.0 Å². The van der Waals surface area contributed by atoms with Crippen molar-refractivity contribution in [1.29, 1.82) is 0 Å². The van der Waals surface area contributed by atoms with E-state index in [-0.39, 0.29) is 17.8 Å². The van der Waals surface area contributed by atoms with Gasteiger partial charge in [0.1, 0.15) is 12.4 Å². The third-order valence-electron chi connectivity index (χ3n) is 3.16. The summed E-state index contributed by atoms with van der Waals surface area (Å²) in [5.74, 6) is 5.62. The van der Waals surface area contributed by atoms with E-state index in [1.807, 2.05) is 24.3 Å². The molecule has 5 nitrogen and oxygen atoms in total. The second-order valence-corrected chi connectivity index (χ2v) is 5.78.